The SMILES string of the molecule is Cn1ccc2c(C(=O)O)cc(N3CCC(=O)NC3=O)cc21. The number of imide groups is 1. The maximum Gasteiger partial charge on any atom is 0.336 e. The number of rotatable bonds is 2. The number of benzene rings is 1. The van der Waals surface area contributed by atoms with Gasteiger partial charge in [-0.25, -0.2) is 9.59 Å². The van der Waals surface area contributed by atoms with Crippen LogP contribution in [0.15, 0.2) is 24.4 Å². The zero-order valence-electron chi connectivity index (χ0n) is 11.3. The van der Waals surface area contributed by atoms with Crippen LogP contribution in [0.25, 0.3) is 10.9 Å². The lowest BCUT2D eigenvalue weighted by molar-refractivity contribution is -0.120. The van der Waals surface area contributed by atoms with Crippen molar-refractivity contribution in [3.8, 4) is 0 Å². The predicted molar refractivity (Wildman–Crippen MR) is 75.4 cm³/mol. The van der Waals surface area contributed by atoms with Crippen molar-refractivity contribution in [3.63, 3.8) is 0 Å². The third-order valence-electron chi connectivity index (χ3n) is 3.58. The Hall–Kier alpha value is -2.83. The van der Waals surface area contributed by atoms with Gasteiger partial charge in [-0.05, 0) is 18.2 Å². The van der Waals surface area contributed by atoms with Gasteiger partial charge in [-0.1, -0.05) is 0 Å². The van der Waals surface area contributed by atoms with E-state index in [0.29, 0.717) is 11.1 Å². The van der Waals surface area contributed by atoms with E-state index in [2.05, 4.69) is 5.32 Å². The number of aryl methyl sites for hydroxylation is 1. The van der Waals surface area contributed by atoms with Crippen LogP contribution in [-0.2, 0) is 11.8 Å². The van der Waals surface area contributed by atoms with E-state index in [0.717, 1.165) is 5.52 Å². The van der Waals surface area contributed by atoms with Gasteiger partial charge in [0.05, 0.1) is 11.1 Å². The summed E-state index contributed by atoms with van der Waals surface area (Å²) < 4.78 is 1.79. The van der Waals surface area contributed by atoms with Gasteiger partial charge in [-0.3, -0.25) is 15.0 Å². The number of fused-ring (bicyclic) bond motifs is 1. The summed E-state index contributed by atoms with van der Waals surface area (Å²) in [5.41, 5.74) is 1.31. The van der Waals surface area contributed by atoms with Crippen LogP contribution in [0.4, 0.5) is 10.5 Å². The maximum atomic E-state index is 11.9. The van der Waals surface area contributed by atoms with Crippen LogP contribution in [0.1, 0.15) is 16.8 Å². The van der Waals surface area contributed by atoms with Crippen molar-refractivity contribution in [2.45, 2.75) is 6.42 Å². The van der Waals surface area contributed by atoms with Crippen LogP contribution in [0.3, 0.4) is 0 Å². The third-order valence-corrected chi connectivity index (χ3v) is 3.58. The fraction of sp³-hybridized carbons (Fsp3) is 0.214. The lowest BCUT2D eigenvalue weighted by atomic mass is 10.1. The van der Waals surface area contributed by atoms with Gasteiger partial charge in [-0.2, -0.15) is 0 Å². The molecule has 2 aromatic rings. The van der Waals surface area contributed by atoms with Gasteiger partial charge in [-0.15, -0.1) is 0 Å². The zero-order valence-corrected chi connectivity index (χ0v) is 11.3. The highest BCUT2D eigenvalue weighted by atomic mass is 16.4. The first-order chi connectivity index (χ1) is 9.97. The van der Waals surface area contributed by atoms with Crippen molar-refractivity contribution < 1.29 is 19.5 Å². The van der Waals surface area contributed by atoms with Gasteiger partial charge in [0.2, 0.25) is 5.91 Å². The molecule has 1 fully saturated rings. The van der Waals surface area contributed by atoms with Gasteiger partial charge in [0.25, 0.3) is 0 Å². The Morgan fingerprint density at radius 1 is 1.33 bits per heavy atom. The number of carbonyl (C=O) groups excluding carboxylic acids is 2. The summed E-state index contributed by atoms with van der Waals surface area (Å²) in [5.74, 6) is -1.38. The molecule has 3 rings (SSSR count). The Morgan fingerprint density at radius 2 is 2.10 bits per heavy atom. The number of aromatic nitrogens is 1. The Morgan fingerprint density at radius 3 is 2.76 bits per heavy atom. The molecular formula is C14H13N3O4. The third kappa shape index (κ3) is 2.12. The molecule has 1 saturated heterocycles. The second kappa shape index (κ2) is 4.62. The zero-order chi connectivity index (χ0) is 15.1. The minimum Gasteiger partial charge on any atom is -0.478 e. The summed E-state index contributed by atoms with van der Waals surface area (Å²) >= 11 is 0. The number of hydrogen-bond acceptors (Lipinski definition) is 3. The summed E-state index contributed by atoms with van der Waals surface area (Å²) in [6.07, 6.45) is 1.96. The van der Waals surface area contributed by atoms with Crippen molar-refractivity contribution in [2.24, 2.45) is 7.05 Å². The van der Waals surface area contributed by atoms with E-state index in [1.54, 1.807) is 29.9 Å². The summed E-state index contributed by atoms with van der Waals surface area (Å²) in [4.78, 5) is 35.9. The smallest absolute Gasteiger partial charge is 0.336 e. The molecule has 0 radical (unpaired) electrons. The molecular weight excluding hydrogens is 274 g/mol. The standard InChI is InChI=1S/C14H13N3O4/c1-16-4-2-9-10(13(19)20)6-8(7-11(9)16)17-5-3-12(18)15-14(17)21/h2,4,6-7H,3,5H2,1H3,(H,19,20)(H,15,18,21). The van der Waals surface area contributed by atoms with Crippen molar-refractivity contribution in [1.82, 2.24) is 9.88 Å². The minimum absolute atomic E-state index is 0.132. The van der Waals surface area contributed by atoms with E-state index >= 15 is 0 Å². The summed E-state index contributed by atoms with van der Waals surface area (Å²) in [5, 5.41) is 12.2. The molecule has 0 atom stereocenters. The number of carboxylic acid groups (broad SMARTS) is 1. The molecule has 1 aliphatic rings. The van der Waals surface area contributed by atoms with Crippen molar-refractivity contribution in [2.75, 3.05) is 11.4 Å². The molecule has 1 aromatic carbocycles. The molecule has 0 spiro atoms. The van der Waals surface area contributed by atoms with E-state index in [4.69, 9.17) is 0 Å². The Bertz CT molecular complexity index is 778. The molecule has 108 valence electrons. The number of nitrogens with one attached hydrogen (secondary N) is 1. The monoisotopic (exact) mass is 287 g/mol. The maximum absolute atomic E-state index is 11.9. The molecule has 0 bridgehead atoms. The van der Waals surface area contributed by atoms with E-state index in [1.807, 2.05) is 0 Å². The first-order valence-corrected chi connectivity index (χ1v) is 6.41. The van der Waals surface area contributed by atoms with Crippen molar-refractivity contribution in [1.29, 1.82) is 0 Å². The first-order valence-electron chi connectivity index (χ1n) is 6.41. The number of anilines is 1. The fourth-order valence-corrected chi connectivity index (χ4v) is 2.50. The largest absolute Gasteiger partial charge is 0.478 e. The highest BCUT2D eigenvalue weighted by molar-refractivity contribution is 6.09. The number of carboxylic acids is 1. The van der Waals surface area contributed by atoms with Gasteiger partial charge < -0.3 is 9.67 Å². The lowest BCUT2D eigenvalue weighted by Gasteiger charge is -2.27. The highest BCUT2D eigenvalue weighted by Crippen LogP contribution is 2.28. The molecule has 0 saturated carbocycles. The molecule has 0 unspecified atom stereocenters. The summed E-state index contributed by atoms with van der Waals surface area (Å²) in [7, 11) is 1.80. The lowest BCUT2D eigenvalue weighted by Crippen LogP contribution is -2.49. The van der Waals surface area contributed by atoms with Gasteiger partial charge in [0.15, 0.2) is 0 Å². The van der Waals surface area contributed by atoms with Crippen LogP contribution in [-0.4, -0.2) is 34.1 Å². The molecule has 7 nitrogen and oxygen atoms in total. The first kappa shape index (κ1) is 13.2. The van der Waals surface area contributed by atoms with Crippen molar-refractivity contribution >= 4 is 34.5 Å². The van der Waals surface area contributed by atoms with E-state index in [9.17, 15) is 19.5 Å². The normalized spacial score (nSPS) is 15.4. The summed E-state index contributed by atoms with van der Waals surface area (Å²) in [6.45, 7) is 0.236. The molecule has 3 amide bonds. The van der Waals surface area contributed by atoms with Crippen LogP contribution < -0.4 is 10.2 Å². The Balaban J connectivity index is 2.14. The van der Waals surface area contributed by atoms with Crippen LogP contribution in [0, 0.1) is 0 Å². The van der Waals surface area contributed by atoms with Crippen LogP contribution >= 0.6 is 0 Å². The number of hydrogen-bond donors (Lipinski definition) is 2. The van der Waals surface area contributed by atoms with E-state index in [-0.39, 0.29) is 24.4 Å². The van der Waals surface area contributed by atoms with Crippen LogP contribution in [0.2, 0.25) is 0 Å². The summed E-state index contributed by atoms with van der Waals surface area (Å²) in [6, 6.07) is 4.40. The van der Waals surface area contributed by atoms with E-state index < -0.39 is 12.0 Å². The molecule has 2 heterocycles. The average molecular weight is 287 g/mol. The molecule has 21 heavy (non-hydrogen) atoms. The molecule has 2 N–H and O–H groups in total. The molecule has 1 aliphatic heterocycles. The van der Waals surface area contributed by atoms with Crippen LogP contribution in [0.5, 0.6) is 0 Å². The van der Waals surface area contributed by atoms with Gasteiger partial charge >= 0.3 is 12.0 Å². The molecule has 0 aliphatic carbocycles. The Kier molecular flexibility index (Phi) is 2.90. The van der Waals surface area contributed by atoms with Gasteiger partial charge in [0, 0.05) is 37.3 Å². The fourth-order valence-electron chi connectivity index (χ4n) is 2.50. The predicted octanol–water partition coefficient (Wildman–Crippen LogP) is 1.32. The van der Waals surface area contributed by atoms with Gasteiger partial charge in [0.1, 0.15) is 0 Å². The second-order valence-corrected chi connectivity index (χ2v) is 4.91. The molecule has 7 heteroatoms. The average Bonchev–Trinajstić information content (AvgIpc) is 2.79. The second-order valence-electron chi connectivity index (χ2n) is 4.91. The number of aromatic carboxylic acids is 1. The van der Waals surface area contributed by atoms with E-state index in [1.165, 1.54) is 11.0 Å². The minimum atomic E-state index is -1.05. The quantitative estimate of drug-likeness (QED) is 0.871. The highest BCUT2D eigenvalue weighted by Gasteiger charge is 2.26. The number of carbonyl (C=O) groups is 3. The van der Waals surface area contributed by atoms with Crippen molar-refractivity contribution in [3.05, 3.63) is 30.0 Å². The molecule has 1 aromatic heterocycles. The number of urea groups is 1. The number of amides is 3. The number of nitrogens with zero attached hydrogens (tertiary/aromatic N) is 2. The Labute approximate surface area is 119 Å². The topological polar surface area (TPSA) is 91.6 Å².